The van der Waals surface area contributed by atoms with Crippen LogP contribution >= 0.6 is 0 Å². The first-order valence-electron chi connectivity index (χ1n) is 24.1. The highest BCUT2D eigenvalue weighted by molar-refractivity contribution is 5.70. The summed E-state index contributed by atoms with van der Waals surface area (Å²) in [4.78, 5) is 25.3. The molecule has 0 aromatic carbocycles. The van der Waals surface area contributed by atoms with Crippen molar-refractivity contribution in [1.29, 1.82) is 0 Å². The molecule has 0 spiro atoms. The van der Waals surface area contributed by atoms with Crippen LogP contribution in [-0.2, 0) is 23.8 Å². The summed E-state index contributed by atoms with van der Waals surface area (Å²) in [6.07, 6.45) is 63.0. The van der Waals surface area contributed by atoms with Crippen molar-refractivity contribution in [2.24, 2.45) is 0 Å². The minimum absolute atomic E-state index is 0.0658. The third kappa shape index (κ3) is 45.8. The monoisotopic (exact) mass is 807 g/mol. The van der Waals surface area contributed by atoms with Gasteiger partial charge in [0, 0.05) is 19.4 Å². The van der Waals surface area contributed by atoms with Crippen molar-refractivity contribution in [3.8, 4) is 0 Å². The molecule has 5 nitrogen and oxygen atoms in total. The van der Waals surface area contributed by atoms with Gasteiger partial charge in [0.05, 0.1) is 6.61 Å². The number of hydrogen-bond acceptors (Lipinski definition) is 5. The van der Waals surface area contributed by atoms with Crippen molar-refractivity contribution in [1.82, 2.24) is 0 Å². The lowest BCUT2D eigenvalue weighted by molar-refractivity contribution is -0.163. The molecule has 0 saturated carbocycles. The molecular weight excluding hydrogens is 717 g/mol. The molecule has 0 aromatic heterocycles. The Hall–Kier alpha value is -2.92. The standard InChI is InChI=1S/C53H90O5/c1-4-7-10-13-16-19-21-23-25-27-29-31-33-35-37-40-43-46-52(54)57-50-51(49-56-48-45-42-39-18-15-12-9-6-3)58-53(55)47-44-41-38-36-34-32-30-28-26-24-22-20-17-14-11-8-5-2/h7-8,10-11,16-17,19-20,23-26,29,31,51H,4-6,9,12-15,18,21-22,27-28,30,32-50H2,1-3H3/b10-7-,11-8-,19-16-,20-17-,25-23-,26-24-,31-29-. The Bertz CT molecular complexity index is 1090. The van der Waals surface area contributed by atoms with Gasteiger partial charge in [0.1, 0.15) is 6.61 Å². The summed E-state index contributed by atoms with van der Waals surface area (Å²) in [5, 5.41) is 0. The topological polar surface area (TPSA) is 61.8 Å². The average molecular weight is 807 g/mol. The molecule has 0 fully saturated rings. The minimum atomic E-state index is -0.551. The van der Waals surface area contributed by atoms with Crippen molar-refractivity contribution in [3.05, 3.63) is 85.1 Å². The second-order valence-electron chi connectivity index (χ2n) is 15.6. The molecule has 5 heteroatoms. The Kier molecular flexibility index (Phi) is 46.0. The molecule has 1 unspecified atom stereocenters. The SMILES string of the molecule is CC/C=C\C/C=C\C/C=C\C/C=C\CCCCCCC(=O)OCC(COCCCCCCCCCC)OC(=O)CCCCCCCCC/C=C\C/C=C\C/C=C\CC. The summed E-state index contributed by atoms with van der Waals surface area (Å²) >= 11 is 0. The fraction of sp³-hybridized carbons (Fsp3) is 0.698. The number of hydrogen-bond donors (Lipinski definition) is 0. The van der Waals surface area contributed by atoms with Crippen molar-refractivity contribution in [2.45, 2.75) is 219 Å². The molecule has 0 rings (SSSR count). The maximum atomic E-state index is 12.7. The van der Waals surface area contributed by atoms with E-state index in [9.17, 15) is 9.59 Å². The molecule has 0 heterocycles. The van der Waals surface area contributed by atoms with Gasteiger partial charge in [-0.2, -0.15) is 0 Å². The summed E-state index contributed by atoms with van der Waals surface area (Å²) in [6.45, 7) is 7.55. The van der Waals surface area contributed by atoms with E-state index in [1.54, 1.807) is 0 Å². The van der Waals surface area contributed by atoms with Crippen molar-refractivity contribution >= 4 is 11.9 Å². The van der Waals surface area contributed by atoms with Crippen molar-refractivity contribution < 1.29 is 23.8 Å². The summed E-state index contributed by atoms with van der Waals surface area (Å²) in [7, 11) is 0. The van der Waals surface area contributed by atoms with Crippen LogP contribution in [0.5, 0.6) is 0 Å². The van der Waals surface area contributed by atoms with Gasteiger partial charge >= 0.3 is 11.9 Å². The highest BCUT2D eigenvalue weighted by Crippen LogP contribution is 2.13. The first kappa shape index (κ1) is 55.1. The highest BCUT2D eigenvalue weighted by Gasteiger charge is 2.17. The summed E-state index contributed by atoms with van der Waals surface area (Å²) in [5.41, 5.74) is 0. The van der Waals surface area contributed by atoms with Crippen LogP contribution in [0.15, 0.2) is 85.1 Å². The lowest BCUT2D eigenvalue weighted by Gasteiger charge is -2.18. The smallest absolute Gasteiger partial charge is 0.306 e. The summed E-state index contributed by atoms with van der Waals surface area (Å²) < 4.78 is 17.3. The summed E-state index contributed by atoms with van der Waals surface area (Å²) in [6, 6.07) is 0. The zero-order valence-corrected chi connectivity index (χ0v) is 38.0. The predicted octanol–water partition coefficient (Wildman–Crippen LogP) is 16.1. The fourth-order valence-electron chi connectivity index (χ4n) is 6.40. The van der Waals surface area contributed by atoms with Crippen LogP contribution in [-0.4, -0.2) is 37.9 Å². The van der Waals surface area contributed by atoms with E-state index in [1.807, 2.05) is 0 Å². The number of carbonyl (C=O) groups is 2. The van der Waals surface area contributed by atoms with Gasteiger partial charge in [-0.1, -0.05) is 196 Å². The van der Waals surface area contributed by atoms with Gasteiger partial charge in [-0.25, -0.2) is 0 Å². The van der Waals surface area contributed by atoms with Gasteiger partial charge in [-0.15, -0.1) is 0 Å². The first-order chi connectivity index (χ1) is 28.6. The Morgan fingerprint density at radius 1 is 0.397 bits per heavy atom. The zero-order valence-electron chi connectivity index (χ0n) is 38.0. The van der Waals surface area contributed by atoms with Crippen LogP contribution in [0, 0.1) is 0 Å². The molecule has 0 aliphatic heterocycles. The first-order valence-corrected chi connectivity index (χ1v) is 24.1. The molecule has 0 aliphatic rings. The van der Waals surface area contributed by atoms with Crippen LogP contribution in [0.4, 0.5) is 0 Å². The maximum absolute atomic E-state index is 12.7. The van der Waals surface area contributed by atoms with Gasteiger partial charge in [0.25, 0.3) is 0 Å². The fourth-order valence-corrected chi connectivity index (χ4v) is 6.40. The Labute approximate surface area is 359 Å². The van der Waals surface area contributed by atoms with E-state index in [1.165, 1.54) is 64.2 Å². The summed E-state index contributed by atoms with van der Waals surface area (Å²) in [5.74, 6) is -0.439. The van der Waals surface area contributed by atoms with Crippen LogP contribution in [0.25, 0.3) is 0 Å². The number of esters is 2. The Morgan fingerprint density at radius 2 is 0.776 bits per heavy atom. The normalized spacial score (nSPS) is 12.9. The van der Waals surface area contributed by atoms with Crippen LogP contribution in [0.2, 0.25) is 0 Å². The second-order valence-corrected chi connectivity index (χ2v) is 15.6. The van der Waals surface area contributed by atoms with E-state index in [0.717, 1.165) is 116 Å². The van der Waals surface area contributed by atoms with Crippen molar-refractivity contribution in [3.63, 3.8) is 0 Å². The molecule has 0 amide bonds. The molecule has 0 bridgehead atoms. The largest absolute Gasteiger partial charge is 0.462 e. The number of carbonyl (C=O) groups excluding carboxylic acids is 2. The number of ether oxygens (including phenoxy) is 3. The molecule has 0 saturated heterocycles. The molecule has 58 heavy (non-hydrogen) atoms. The highest BCUT2D eigenvalue weighted by atomic mass is 16.6. The molecule has 0 aliphatic carbocycles. The van der Waals surface area contributed by atoms with Gasteiger partial charge in [-0.05, 0) is 89.9 Å². The number of rotatable bonds is 43. The van der Waals surface area contributed by atoms with Gasteiger partial charge in [-0.3, -0.25) is 9.59 Å². The third-order valence-corrected chi connectivity index (χ3v) is 9.93. The molecule has 0 aromatic rings. The van der Waals surface area contributed by atoms with Crippen LogP contribution < -0.4 is 0 Å². The quantitative estimate of drug-likeness (QED) is 0.0349. The van der Waals surface area contributed by atoms with Gasteiger partial charge < -0.3 is 14.2 Å². The second kappa shape index (κ2) is 48.4. The molecule has 0 radical (unpaired) electrons. The average Bonchev–Trinajstić information content (AvgIpc) is 3.22. The molecule has 0 N–H and O–H groups in total. The predicted molar refractivity (Wildman–Crippen MR) is 251 cm³/mol. The van der Waals surface area contributed by atoms with E-state index in [0.29, 0.717) is 19.4 Å². The Morgan fingerprint density at radius 3 is 1.24 bits per heavy atom. The zero-order chi connectivity index (χ0) is 42.1. The molecular formula is C53H90O5. The van der Waals surface area contributed by atoms with Crippen LogP contribution in [0.1, 0.15) is 213 Å². The number of allylic oxidation sites excluding steroid dienone is 14. The lowest BCUT2D eigenvalue weighted by Crippen LogP contribution is -2.30. The van der Waals surface area contributed by atoms with E-state index >= 15 is 0 Å². The third-order valence-electron chi connectivity index (χ3n) is 9.93. The van der Waals surface area contributed by atoms with Crippen molar-refractivity contribution in [2.75, 3.05) is 19.8 Å². The minimum Gasteiger partial charge on any atom is -0.462 e. The van der Waals surface area contributed by atoms with E-state index < -0.39 is 6.10 Å². The van der Waals surface area contributed by atoms with Crippen LogP contribution in [0.3, 0.4) is 0 Å². The van der Waals surface area contributed by atoms with Gasteiger partial charge in [0.2, 0.25) is 0 Å². The van der Waals surface area contributed by atoms with E-state index in [2.05, 4.69) is 106 Å². The maximum Gasteiger partial charge on any atom is 0.306 e. The van der Waals surface area contributed by atoms with E-state index in [4.69, 9.17) is 14.2 Å². The van der Waals surface area contributed by atoms with Gasteiger partial charge in [0.15, 0.2) is 6.10 Å². The number of unbranched alkanes of at least 4 members (excludes halogenated alkanes) is 18. The Balaban J connectivity index is 4.25. The lowest BCUT2D eigenvalue weighted by atomic mass is 10.1. The van der Waals surface area contributed by atoms with E-state index in [-0.39, 0.29) is 25.2 Å². The molecule has 332 valence electrons. The molecule has 1 atom stereocenters.